The predicted molar refractivity (Wildman–Crippen MR) is 72.1 cm³/mol. The quantitative estimate of drug-likeness (QED) is 0.674. The highest BCUT2D eigenvalue weighted by Crippen LogP contribution is 2.22. The van der Waals surface area contributed by atoms with Crippen LogP contribution in [0.5, 0.6) is 0 Å². The SMILES string of the molecule is NNC(Cc1cccnc1)c1cc(F)cc(Br)c1. The van der Waals surface area contributed by atoms with E-state index in [2.05, 4.69) is 26.3 Å². The standard InChI is InChI=1S/C13H13BrFN3/c14-11-5-10(6-12(15)7-11)13(18-16)4-9-2-1-3-17-8-9/h1-3,5-8,13,18H,4,16H2. The van der Waals surface area contributed by atoms with Gasteiger partial charge in [-0.15, -0.1) is 0 Å². The molecule has 1 unspecified atom stereocenters. The molecule has 0 bridgehead atoms. The van der Waals surface area contributed by atoms with Crippen molar-refractivity contribution in [2.75, 3.05) is 0 Å². The van der Waals surface area contributed by atoms with Gasteiger partial charge in [0.05, 0.1) is 6.04 Å². The molecule has 0 aliphatic carbocycles. The van der Waals surface area contributed by atoms with Crippen molar-refractivity contribution in [2.45, 2.75) is 12.5 Å². The van der Waals surface area contributed by atoms with Gasteiger partial charge in [0.25, 0.3) is 0 Å². The van der Waals surface area contributed by atoms with Crippen molar-refractivity contribution in [1.29, 1.82) is 0 Å². The molecular weight excluding hydrogens is 297 g/mol. The number of hydrazine groups is 1. The monoisotopic (exact) mass is 309 g/mol. The zero-order valence-corrected chi connectivity index (χ0v) is 11.2. The van der Waals surface area contributed by atoms with Crippen molar-refractivity contribution < 1.29 is 4.39 Å². The van der Waals surface area contributed by atoms with Gasteiger partial charge in [-0.05, 0) is 41.8 Å². The van der Waals surface area contributed by atoms with Crippen LogP contribution >= 0.6 is 15.9 Å². The molecule has 3 nitrogen and oxygen atoms in total. The lowest BCUT2D eigenvalue weighted by Crippen LogP contribution is -2.29. The average molecular weight is 310 g/mol. The van der Waals surface area contributed by atoms with Gasteiger partial charge in [0.15, 0.2) is 0 Å². The van der Waals surface area contributed by atoms with Gasteiger partial charge in [0.1, 0.15) is 5.82 Å². The maximum Gasteiger partial charge on any atom is 0.124 e. The van der Waals surface area contributed by atoms with Gasteiger partial charge in [-0.25, -0.2) is 4.39 Å². The Morgan fingerprint density at radius 3 is 2.83 bits per heavy atom. The summed E-state index contributed by atoms with van der Waals surface area (Å²) in [6, 6.07) is 8.42. The van der Waals surface area contributed by atoms with Crippen LogP contribution < -0.4 is 11.3 Å². The lowest BCUT2D eigenvalue weighted by atomic mass is 10.0. The highest BCUT2D eigenvalue weighted by Gasteiger charge is 2.12. The summed E-state index contributed by atoms with van der Waals surface area (Å²) in [5.41, 5.74) is 4.55. The van der Waals surface area contributed by atoms with Crippen LogP contribution in [0.25, 0.3) is 0 Å². The molecule has 0 amide bonds. The maximum absolute atomic E-state index is 13.4. The van der Waals surface area contributed by atoms with Crippen molar-refractivity contribution in [3.63, 3.8) is 0 Å². The fourth-order valence-electron chi connectivity index (χ4n) is 1.80. The number of pyridine rings is 1. The topological polar surface area (TPSA) is 50.9 Å². The third kappa shape index (κ3) is 3.35. The van der Waals surface area contributed by atoms with Crippen LogP contribution in [0.4, 0.5) is 4.39 Å². The minimum atomic E-state index is -0.286. The highest BCUT2D eigenvalue weighted by molar-refractivity contribution is 9.10. The Kier molecular flexibility index (Phi) is 4.41. The molecule has 1 aromatic carbocycles. The molecule has 0 fully saturated rings. The second kappa shape index (κ2) is 6.04. The molecule has 1 atom stereocenters. The molecular formula is C13H13BrFN3. The van der Waals surface area contributed by atoms with Gasteiger partial charge in [-0.2, -0.15) is 0 Å². The normalized spacial score (nSPS) is 12.4. The van der Waals surface area contributed by atoms with Crippen LogP contribution in [-0.4, -0.2) is 4.98 Å². The van der Waals surface area contributed by atoms with E-state index in [1.54, 1.807) is 12.4 Å². The van der Waals surface area contributed by atoms with E-state index >= 15 is 0 Å². The van der Waals surface area contributed by atoms with E-state index < -0.39 is 0 Å². The summed E-state index contributed by atoms with van der Waals surface area (Å²) in [5.74, 6) is 5.26. The van der Waals surface area contributed by atoms with Crippen LogP contribution in [0.2, 0.25) is 0 Å². The van der Waals surface area contributed by atoms with Crippen LogP contribution in [-0.2, 0) is 6.42 Å². The number of rotatable bonds is 4. The summed E-state index contributed by atoms with van der Waals surface area (Å²) in [7, 11) is 0. The van der Waals surface area contributed by atoms with Gasteiger partial charge in [0, 0.05) is 16.9 Å². The molecule has 0 spiro atoms. The van der Waals surface area contributed by atoms with E-state index in [1.807, 2.05) is 18.2 Å². The molecule has 2 aromatic rings. The second-order valence-corrected chi connectivity index (χ2v) is 4.90. The molecule has 0 radical (unpaired) electrons. The van der Waals surface area contributed by atoms with Crippen LogP contribution in [0.15, 0.2) is 47.2 Å². The minimum absolute atomic E-state index is 0.152. The van der Waals surface area contributed by atoms with Crippen LogP contribution in [0.1, 0.15) is 17.2 Å². The summed E-state index contributed by atoms with van der Waals surface area (Å²) in [5, 5.41) is 0. The number of hydrogen-bond acceptors (Lipinski definition) is 3. The fraction of sp³-hybridized carbons (Fsp3) is 0.154. The first-order valence-corrected chi connectivity index (χ1v) is 6.29. The Labute approximate surface area is 113 Å². The number of hydrogen-bond donors (Lipinski definition) is 2. The van der Waals surface area contributed by atoms with Crippen molar-refractivity contribution in [2.24, 2.45) is 5.84 Å². The Morgan fingerprint density at radius 1 is 1.39 bits per heavy atom. The van der Waals surface area contributed by atoms with Crippen molar-refractivity contribution >= 4 is 15.9 Å². The Bertz CT molecular complexity index is 499. The minimum Gasteiger partial charge on any atom is -0.271 e. The third-order valence-corrected chi connectivity index (χ3v) is 3.11. The lowest BCUT2D eigenvalue weighted by molar-refractivity contribution is 0.543. The molecule has 1 heterocycles. The van der Waals surface area contributed by atoms with E-state index in [-0.39, 0.29) is 11.9 Å². The number of nitrogens with zero attached hydrogens (tertiary/aromatic N) is 1. The molecule has 5 heteroatoms. The smallest absolute Gasteiger partial charge is 0.124 e. The number of aromatic nitrogens is 1. The van der Waals surface area contributed by atoms with Crippen LogP contribution in [0, 0.1) is 5.82 Å². The third-order valence-electron chi connectivity index (χ3n) is 2.65. The molecule has 2 rings (SSSR count). The number of benzene rings is 1. The number of nitrogens with one attached hydrogen (secondary N) is 1. The first-order valence-electron chi connectivity index (χ1n) is 5.50. The largest absolute Gasteiger partial charge is 0.271 e. The molecule has 1 aromatic heterocycles. The second-order valence-electron chi connectivity index (χ2n) is 3.99. The number of nitrogens with two attached hydrogens (primary N) is 1. The molecule has 0 aliphatic heterocycles. The highest BCUT2D eigenvalue weighted by atomic mass is 79.9. The first kappa shape index (κ1) is 13.1. The van der Waals surface area contributed by atoms with Gasteiger partial charge in [-0.1, -0.05) is 22.0 Å². The van der Waals surface area contributed by atoms with E-state index in [0.717, 1.165) is 11.1 Å². The fourth-order valence-corrected chi connectivity index (χ4v) is 2.29. The van der Waals surface area contributed by atoms with Crippen LogP contribution in [0.3, 0.4) is 0 Å². The summed E-state index contributed by atoms with van der Waals surface area (Å²) >= 11 is 3.27. The average Bonchev–Trinajstić information content (AvgIpc) is 2.36. The molecule has 94 valence electrons. The Hall–Kier alpha value is -1.30. The van der Waals surface area contributed by atoms with E-state index in [1.165, 1.54) is 12.1 Å². The molecule has 3 N–H and O–H groups in total. The van der Waals surface area contributed by atoms with Gasteiger partial charge < -0.3 is 0 Å². The lowest BCUT2D eigenvalue weighted by Gasteiger charge is -2.16. The van der Waals surface area contributed by atoms with Crippen molar-refractivity contribution in [1.82, 2.24) is 10.4 Å². The molecule has 0 saturated carbocycles. The summed E-state index contributed by atoms with van der Waals surface area (Å²) < 4.78 is 14.1. The summed E-state index contributed by atoms with van der Waals surface area (Å²) in [6.07, 6.45) is 4.14. The van der Waals surface area contributed by atoms with E-state index in [9.17, 15) is 4.39 Å². The van der Waals surface area contributed by atoms with Gasteiger partial charge in [0.2, 0.25) is 0 Å². The zero-order valence-electron chi connectivity index (χ0n) is 9.61. The summed E-state index contributed by atoms with van der Waals surface area (Å²) in [6.45, 7) is 0. The van der Waals surface area contributed by atoms with Gasteiger partial charge >= 0.3 is 0 Å². The zero-order chi connectivity index (χ0) is 13.0. The van der Waals surface area contributed by atoms with E-state index in [0.29, 0.717) is 10.9 Å². The molecule has 0 saturated heterocycles. The maximum atomic E-state index is 13.4. The summed E-state index contributed by atoms with van der Waals surface area (Å²) in [4.78, 5) is 4.05. The first-order chi connectivity index (χ1) is 8.69. The Balaban J connectivity index is 2.23. The van der Waals surface area contributed by atoms with Crippen molar-refractivity contribution in [3.05, 3.63) is 64.1 Å². The molecule has 18 heavy (non-hydrogen) atoms. The molecule has 0 aliphatic rings. The van der Waals surface area contributed by atoms with E-state index in [4.69, 9.17) is 5.84 Å². The Morgan fingerprint density at radius 2 is 2.22 bits per heavy atom. The van der Waals surface area contributed by atoms with Gasteiger partial charge in [-0.3, -0.25) is 16.3 Å². The van der Waals surface area contributed by atoms with Crippen molar-refractivity contribution in [3.8, 4) is 0 Å². The number of halogens is 2. The predicted octanol–water partition coefficient (Wildman–Crippen LogP) is 2.73.